The second kappa shape index (κ2) is 6.40. The number of hydrogen-bond donors (Lipinski definition) is 1. The Kier molecular flexibility index (Phi) is 4.79. The Morgan fingerprint density at radius 2 is 1.67 bits per heavy atom. The van der Waals surface area contributed by atoms with Crippen LogP contribution >= 0.6 is 0 Å². The third kappa shape index (κ3) is 3.92. The summed E-state index contributed by atoms with van der Waals surface area (Å²) < 4.78 is 13.5. The van der Waals surface area contributed by atoms with Crippen LogP contribution in [-0.2, 0) is 5.41 Å². The van der Waals surface area contributed by atoms with Gasteiger partial charge in [0.2, 0.25) is 0 Å². The van der Waals surface area contributed by atoms with Gasteiger partial charge < -0.3 is 5.73 Å². The third-order valence-corrected chi connectivity index (χ3v) is 3.89. The first-order chi connectivity index (χ1) is 9.91. The van der Waals surface area contributed by atoms with Crippen molar-refractivity contribution in [2.75, 3.05) is 6.54 Å². The van der Waals surface area contributed by atoms with E-state index in [1.807, 2.05) is 6.07 Å². The van der Waals surface area contributed by atoms with Crippen LogP contribution in [0.1, 0.15) is 49.8 Å². The topological polar surface area (TPSA) is 26.0 Å². The smallest absolute Gasteiger partial charge is 0.123 e. The fraction of sp³-hybridized carbons (Fsp3) is 0.368. The van der Waals surface area contributed by atoms with Gasteiger partial charge in [0.25, 0.3) is 0 Å². The predicted octanol–water partition coefficient (Wildman–Crippen LogP) is 4.60. The first-order valence-electron chi connectivity index (χ1n) is 7.48. The van der Waals surface area contributed by atoms with Crippen LogP contribution in [0.25, 0.3) is 0 Å². The van der Waals surface area contributed by atoms with Crippen LogP contribution in [0.2, 0.25) is 0 Å². The van der Waals surface area contributed by atoms with E-state index in [-0.39, 0.29) is 17.2 Å². The molecule has 0 amide bonds. The Labute approximate surface area is 127 Å². The summed E-state index contributed by atoms with van der Waals surface area (Å²) in [5, 5.41) is 0. The molecule has 1 unspecified atom stereocenters. The number of benzene rings is 2. The molecule has 0 heterocycles. The van der Waals surface area contributed by atoms with Crippen LogP contribution in [0.4, 0.5) is 4.39 Å². The lowest BCUT2D eigenvalue weighted by molar-refractivity contribution is 0.589. The van der Waals surface area contributed by atoms with Crippen LogP contribution in [0.5, 0.6) is 0 Å². The molecular formula is C19H24FN. The predicted molar refractivity (Wildman–Crippen MR) is 87.1 cm³/mol. The molecule has 2 aromatic rings. The van der Waals surface area contributed by atoms with Gasteiger partial charge in [-0.3, -0.25) is 0 Å². The average Bonchev–Trinajstić information content (AvgIpc) is 2.44. The molecule has 0 saturated heterocycles. The molecule has 0 saturated carbocycles. The molecule has 0 spiro atoms. The summed E-state index contributed by atoms with van der Waals surface area (Å²) >= 11 is 0. The van der Waals surface area contributed by atoms with E-state index in [0.717, 1.165) is 12.0 Å². The zero-order valence-corrected chi connectivity index (χ0v) is 13.1. The molecule has 0 aromatic heterocycles. The van der Waals surface area contributed by atoms with Crippen molar-refractivity contribution in [1.82, 2.24) is 0 Å². The maximum absolute atomic E-state index is 13.5. The van der Waals surface area contributed by atoms with Crippen molar-refractivity contribution in [2.24, 2.45) is 5.73 Å². The second-order valence-electron chi connectivity index (χ2n) is 6.56. The molecule has 0 bridgehead atoms. The largest absolute Gasteiger partial charge is 0.330 e. The Morgan fingerprint density at radius 3 is 2.19 bits per heavy atom. The highest BCUT2D eigenvalue weighted by molar-refractivity contribution is 5.36. The summed E-state index contributed by atoms with van der Waals surface area (Å²) in [6.45, 7) is 7.19. The lowest BCUT2D eigenvalue weighted by Gasteiger charge is -2.22. The summed E-state index contributed by atoms with van der Waals surface area (Å²) in [6, 6.07) is 15.4. The van der Waals surface area contributed by atoms with Crippen molar-refractivity contribution in [1.29, 1.82) is 0 Å². The number of nitrogens with two attached hydrogens (primary N) is 1. The zero-order valence-electron chi connectivity index (χ0n) is 13.1. The minimum Gasteiger partial charge on any atom is -0.330 e. The minimum absolute atomic E-state index is 0.140. The van der Waals surface area contributed by atoms with Gasteiger partial charge in [-0.1, -0.05) is 57.2 Å². The molecule has 2 heteroatoms. The Bertz CT molecular complexity index is 581. The molecule has 2 rings (SSSR count). The SMILES string of the molecule is CC(C)(C)c1ccc(C(CCN)c2cccc(F)c2)cc1. The van der Waals surface area contributed by atoms with E-state index in [1.54, 1.807) is 12.1 Å². The highest BCUT2D eigenvalue weighted by Crippen LogP contribution is 2.30. The van der Waals surface area contributed by atoms with E-state index >= 15 is 0 Å². The zero-order chi connectivity index (χ0) is 15.5. The van der Waals surface area contributed by atoms with Gasteiger partial charge in [0.05, 0.1) is 0 Å². The van der Waals surface area contributed by atoms with Gasteiger partial charge in [0, 0.05) is 5.92 Å². The van der Waals surface area contributed by atoms with Gasteiger partial charge in [-0.05, 0) is 47.2 Å². The monoisotopic (exact) mass is 285 g/mol. The van der Waals surface area contributed by atoms with E-state index in [4.69, 9.17) is 5.73 Å². The fourth-order valence-corrected chi connectivity index (χ4v) is 2.63. The van der Waals surface area contributed by atoms with Crippen LogP contribution < -0.4 is 5.73 Å². The molecule has 2 aromatic carbocycles. The van der Waals surface area contributed by atoms with E-state index in [1.165, 1.54) is 17.2 Å². The molecule has 0 aliphatic rings. The second-order valence-corrected chi connectivity index (χ2v) is 6.56. The summed E-state index contributed by atoms with van der Waals surface area (Å²) in [5.41, 5.74) is 9.37. The minimum atomic E-state index is -0.194. The molecule has 2 N–H and O–H groups in total. The fourth-order valence-electron chi connectivity index (χ4n) is 2.63. The molecule has 0 fully saturated rings. The van der Waals surface area contributed by atoms with Crippen molar-refractivity contribution in [3.05, 3.63) is 71.0 Å². The summed E-state index contributed by atoms with van der Waals surface area (Å²) in [4.78, 5) is 0. The Hall–Kier alpha value is -1.67. The Balaban J connectivity index is 2.34. The van der Waals surface area contributed by atoms with Gasteiger partial charge in [-0.15, -0.1) is 0 Å². The van der Waals surface area contributed by atoms with Gasteiger partial charge in [-0.2, -0.15) is 0 Å². The summed E-state index contributed by atoms with van der Waals surface area (Å²) in [6.07, 6.45) is 0.818. The van der Waals surface area contributed by atoms with E-state index in [2.05, 4.69) is 45.0 Å². The van der Waals surface area contributed by atoms with Crippen molar-refractivity contribution < 1.29 is 4.39 Å². The lowest BCUT2D eigenvalue weighted by Crippen LogP contribution is -2.12. The van der Waals surface area contributed by atoms with E-state index < -0.39 is 0 Å². The third-order valence-electron chi connectivity index (χ3n) is 3.89. The van der Waals surface area contributed by atoms with Crippen LogP contribution in [0, 0.1) is 5.82 Å². The summed E-state index contributed by atoms with van der Waals surface area (Å²) in [7, 11) is 0. The Morgan fingerprint density at radius 1 is 1.00 bits per heavy atom. The number of halogens is 1. The van der Waals surface area contributed by atoms with Crippen LogP contribution in [0.15, 0.2) is 48.5 Å². The highest BCUT2D eigenvalue weighted by Gasteiger charge is 2.17. The molecule has 112 valence electrons. The van der Waals surface area contributed by atoms with Crippen molar-refractivity contribution in [3.63, 3.8) is 0 Å². The normalized spacial score (nSPS) is 13.2. The van der Waals surface area contributed by atoms with Gasteiger partial charge >= 0.3 is 0 Å². The van der Waals surface area contributed by atoms with Crippen LogP contribution in [-0.4, -0.2) is 6.54 Å². The van der Waals surface area contributed by atoms with E-state index in [9.17, 15) is 4.39 Å². The standard InChI is InChI=1S/C19H24FN/c1-19(2,3)16-9-7-14(8-10-16)18(11-12-21)15-5-4-6-17(20)13-15/h4-10,13,18H,11-12,21H2,1-3H3. The molecule has 21 heavy (non-hydrogen) atoms. The summed E-state index contributed by atoms with van der Waals surface area (Å²) in [5.74, 6) is -0.0412. The first-order valence-corrected chi connectivity index (χ1v) is 7.48. The highest BCUT2D eigenvalue weighted by atomic mass is 19.1. The molecule has 0 aliphatic carbocycles. The van der Waals surface area contributed by atoms with Crippen LogP contribution in [0.3, 0.4) is 0 Å². The molecule has 1 atom stereocenters. The van der Waals surface area contributed by atoms with Crippen molar-refractivity contribution in [2.45, 2.75) is 38.5 Å². The lowest BCUT2D eigenvalue weighted by atomic mass is 9.83. The van der Waals surface area contributed by atoms with Crippen molar-refractivity contribution >= 4 is 0 Å². The average molecular weight is 285 g/mol. The molecule has 1 nitrogen and oxygen atoms in total. The maximum atomic E-state index is 13.5. The molecular weight excluding hydrogens is 261 g/mol. The quantitative estimate of drug-likeness (QED) is 0.872. The van der Waals surface area contributed by atoms with Gasteiger partial charge in [0.1, 0.15) is 5.82 Å². The molecule has 0 radical (unpaired) electrons. The molecule has 0 aliphatic heterocycles. The number of rotatable bonds is 4. The maximum Gasteiger partial charge on any atom is 0.123 e. The van der Waals surface area contributed by atoms with Gasteiger partial charge in [0.15, 0.2) is 0 Å². The number of hydrogen-bond acceptors (Lipinski definition) is 1. The van der Waals surface area contributed by atoms with Gasteiger partial charge in [-0.25, -0.2) is 4.39 Å². The van der Waals surface area contributed by atoms with E-state index in [0.29, 0.717) is 6.54 Å². The first kappa shape index (κ1) is 15.7. The van der Waals surface area contributed by atoms with Crippen molar-refractivity contribution in [3.8, 4) is 0 Å².